The Bertz CT molecular complexity index is 511. The summed E-state index contributed by atoms with van der Waals surface area (Å²) in [6.45, 7) is 6.56. The van der Waals surface area contributed by atoms with Crippen LogP contribution in [0.4, 0.5) is 0 Å². The molecule has 108 valence electrons. The third-order valence-electron chi connectivity index (χ3n) is 2.99. The van der Waals surface area contributed by atoms with Crippen LogP contribution in [-0.2, 0) is 13.1 Å². The van der Waals surface area contributed by atoms with E-state index in [1.54, 1.807) is 0 Å². The lowest BCUT2D eigenvalue weighted by Gasteiger charge is -2.08. The topological polar surface area (TPSA) is 21.3 Å². The summed E-state index contributed by atoms with van der Waals surface area (Å²) < 4.78 is 5.50. The summed E-state index contributed by atoms with van der Waals surface area (Å²) in [4.78, 5) is 0. The first-order valence-electron chi connectivity index (χ1n) is 6.76. The number of hydrogen-bond donors (Lipinski definition) is 1. The normalized spacial score (nSPS) is 9.90. The molecule has 0 saturated heterocycles. The molecule has 0 bridgehead atoms. The summed E-state index contributed by atoms with van der Waals surface area (Å²) in [6.07, 6.45) is 0. The number of halogens is 1. The molecule has 0 radical (unpaired) electrons. The quantitative estimate of drug-likeness (QED) is 0.865. The maximum Gasteiger partial charge on any atom is 0.119 e. The molecule has 0 saturated carbocycles. The van der Waals surface area contributed by atoms with E-state index in [9.17, 15) is 0 Å². The molecule has 20 heavy (non-hydrogen) atoms. The molecule has 2 rings (SSSR count). The number of aryl methyl sites for hydroxylation is 1. The van der Waals surface area contributed by atoms with E-state index in [1.165, 1.54) is 16.7 Å². The molecule has 0 unspecified atom stereocenters. The van der Waals surface area contributed by atoms with E-state index in [0.29, 0.717) is 6.61 Å². The first-order chi connectivity index (χ1) is 9.28. The Balaban J connectivity index is 0.00000200. The van der Waals surface area contributed by atoms with Gasteiger partial charge in [0, 0.05) is 13.1 Å². The fraction of sp³-hybridized carbons (Fsp3) is 0.294. The van der Waals surface area contributed by atoms with Crippen molar-refractivity contribution >= 4 is 12.4 Å². The molecule has 0 heterocycles. The predicted molar refractivity (Wildman–Crippen MR) is 86.6 cm³/mol. The van der Waals surface area contributed by atoms with E-state index in [1.807, 2.05) is 19.1 Å². The van der Waals surface area contributed by atoms with Gasteiger partial charge in [-0.05, 0) is 37.1 Å². The monoisotopic (exact) mass is 291 g/mol. The van der Waals surface area contributed by atoms with Crippen LogP contribution in [0.25, 0.3) is 0 Å². The molecular formula is C17H22ClNO. The maximum atomic E-state index is 5.50. The second-order valence-corrected chi connectivity index (χ2v) is 4.67. The minimum Gasteiger partial charge on any atom is -0.494 e. The Hall–Kier alpha value is -1.51. The van der Waals surface area contributed by atoms with E-state index in [2.05, 4.69) is 48.6 Å². The van der Waals surface area contributed by atoms with Crippen LogP contribution in [-0.4, -0.2) is 6.61 Å². The first kappa shape index (κ1) is 16.5. The van der Waals surface area contributed by atoms with Gasteiger partial charge in [0.25, 0.3) is 0 Å². The second-order valence-electron chi connectivity index (χ2n) is 4.67. The van der Waals surface area contributed by atoms with Crippen molar-refractivity contribution in [1.82, 2.24) is 5.32 Å². The molecule has 0 aliphatic carbocycles. The molecular weight excluding hydrogens is 270 g/mol. The molecule has 2 aromatic rings. The van der Waals surface area contributed by atoms with Crippen molar-refractivity contribution in [3.8, 4) is 5.75 Å². The summed E-state index contributed by atoms with van der Waals surface area (Å²) in [5, 5.41) is 3.45. The molecule has 0 spiro atoms. The molecule has 0 aliphatic rings. The van der Waals surface area contributed by atoms with Gasteiger partial charge in [-0.1, -0.05) is 42.0 Å². The lowest BCUT2D eigenvalue weighted by atomic mass is 10.1. The number of benzene rings is 2. The average Bonchev–Trinajstić information content (AvgIpc) is 2.42. The Morgan fingerprint density at radius 3 is 2.35 bits per heavy atom. The highest BCUT2D eigenvalue weighted by Gasteiger charge is 1.97. The summed E-state index contributed by atoms with van der Waals surface area (Å²) >= 11 is 0. The molecule has 3 heteroatoms. The van der Waals surface area contributed by atoms with Gasteiger partial charge in [-0.15, -0.1) is 12.4 Å². The van der Waals surface area contributed by atoms with E-state index in [-0.39, 0.29) is 12.4 Å². The van der Waals surface area contributed by atoms with Crippen molar-refractivity contribution in [1.29, 1.82) is 0 Å². The van der Waals surface area contributed by atoms with Crippen LogP contribution >= 0.6 is 12.4 Å². The van der Waals surface area contributed by atoms with Crippen LogP contribution < -0.4 is 10.1 Å². The summed E-state index contributed by atoms with van der Waals surface area (Å²) in [7, 11) is 0. The van der Waals surface area contributed by atoms with E-state index in [4.69, 9.17) is 4.74 Å². The molecule has 0 aliphatic heterocycles. The number of nitrogens with one attached hydrogen (secondary N) is 1. The lowest BCUT2D eigenvalue weighted by Crippen LogP contribution is -2.12. The molecule has 2 nitrogen and oxygen atoms in total. The maximum absolute atomic E-state index is 5.50. The highest BCUT2D eigenvalue weighted by molar-refractivity contribution is 5.85. The fourth-order valence-corrected chi connectivity index (χ4v) is 1.97. The predicted octanol–water partition coefficient (Wildman–Crippen LogP) is 4.11. The Labute approximate surface area is 127 Å². The highest BCUT2D eigenvalue weighted by Crippen LogP contribution is 2.13. The van der Waals surface area contributed by atoms with Crippen molar-refractivity contribution < 1.29 is 4.74 Å². The SMILES string of the molecule is CCOc1cccc(CNCc2ccc(C)cc2)c1.Cl. The molecule has 0 atom stereocenters. The van der Waals surface area contributed by atoms with Gasteiger partial charge in [0.1, 0.15) is 5.75 Å². The molecule has 0 fully saturated rings. The molecule has 0 amide bonds. The Morgan fingerprint density at radius 2 is 1.65 bits per heavy atom. The number of rotatable bonds is 6. The summed E-state index contributed by atoms with van der Waals surface area (Å²) in [6, 6.07) is 16.9. The van der Waals surface area contributed by atoms with Crippen molar-refractivity contribution in [2.24, 2.45) is 0 Å². The average molecular weight is 292 g/mol. The van der Waals surface area contributed by atoms with Crippen molar-refractivity contribution in [2.45, 2.75) is 26.9 Å². The van der Waals surface area contributed by atoms with Crippen LogP contribution in [0, 0.1) is 6.92 Å². The van der Waals surface area contributed by atoms with Crippen LogP contribution in [0.2, 0.25) is 0 Å². The lowest BCUT2D eigenvalue weighted by molar-refractivity contribution is 0.340. The summed E-state index contributed by atoms with van der Waals surface area (Å²) in [5.74, 6) is 0.942. The molecule has 2 aromatic carbocycles. The van der Waals surface area contributed by atoms with Gasteiger partial charge in [0.05, 0.1) is 6.61 Å². The third-order valence-corrected chi connectivity index (χ3v) is 2.99. The standard InChI is InChI=1S/C17H21NO.ClH/c1-3-19-17-6-4-5-16(11-17)13-18-12-15-9-7-14(2)8-10-15;/h4-11,18H,3,12-13H2,1-2H3;1H. The van der Waals surface area contributed by atoms with E-state index in [0.717, 1.165) is 18.8 Å². The minimum atomic E-state index is 0. The smallest absolute Gasteiger partial charge is 0.119 e. The van der Waals surface area contributed by atoms with Gasteiger partial charge >= 0.3 is 0 Å². The van der Waals surface area contributed by atoms with Crippen LogP contribution in [0.5, 0.6) is 5.75 Å². The van der Waals surface area contributed by atoms with Gasteiger partial charge < -0.3 is 10.1 Å². The third kappa shape index (κ3) is 5.24. The van der Waals surface area contributed by atoms with Gasteiger partial charge in [0.2, 0.25) is 0 Å². The highest BCUT2D eigenvalue weighted by atomic mass is 35.5. The zero-order valence-electron chi connectivity index (χ0n) is 12.1. The van der Waals surface area contributed by atoms with Crippen molar-refractivity contribution in [3.05, 3.63) is 65.2 Å². The van der Waals surface area contributed by atoms with Crippen molar-refractivity contribution in [2.75, 3.05) is 6.61 Å². The number of ether oxygens (including phenoxy) is 1. The van der Waals surface area contributed by atoms with Crippen LogP contribution in [0.15, 0.2) is 48.5 Å². The second kappa shape index (κ2) is 8.62. The fourth-order valence-electron chi connectivity index (χ4n) is 1.97. The van der Waals surface area contributed by atoms with Gasteiger partial charge in [0.15, 0.2) is 0 Å². The minimum absolute atomic E-state index is 0. The Kier molecular flexibility index (Phi) is 7.13. The van der Waals surface area contributed by atoms with Crippen LogP contribution in [0.1, 0.15) is 23.6 Å². The molecule has 1 N–H and O–H groups in total. The zero-order chi connectivity index (χ0) is 13.5. The van der Waals surface area contributed by atoms with E-state index < -0.39 is 0 Å². The first-order valence-corrected chi connectivity index (χ1v) is 6.76. The van der Waals surface area contributed by atoms with Crippen LogP contribution in [0.3, 0.4) is 0 Å². The number of hydrogen-bond acceptors (Lipinski definition) is 2. The Morgan fingerprint density at radius 1 is 0.950 bits per heavy atom. The summed E-state index contributed by atoms with van der Waals surface area (Å²) in [5.41, 5.74) is 3.86. The van der Waals surface area contributed by atoms with Gasteiger partial charge in [-0.25, -0.2) is 0 Å². The van der Waals surface area contributed by atoms with E-state index >= 15 is 0 Å². The van der Waals surface area contributed by atoms with Gasteiger partial charge in [-0.2, -0.15) is 0 Å². The van der Waals surface area contributed by atoms with Gasteiger partial charge in [-0.3, -0.25) is 0 Å². The van der Waals surface area contributed by atoms with Crippen molar-refractivity contribution in [3.63, 3.8) is 0 Å². The molecule has 0 aromatic heterocycles. The largest absolute Gasteiger partial charge is 0.494 e. The zero-order valence-corrected chi connectivity index (χ0v) is 12.9.